The lowest BCUT2D eigenvalue weighted by molar-refractivity contribution is -0.136. The van der Waals surface area contributed by atoms with Gasteiger partial charge in [-0.05, 0) is 68.2 Å². The fourth-order valence-electron chi connectivity index (χ4n) is 4.09. The zero-order chi connectivity index (χ0) is 17.8. The molecule has 1 heterocycles. The highest BCUT2D eigenvalue weighted by molar-refractivity contribution is 5.95. The maximum absolute atomic E-state index is 12.4. The van der Waals surface area contributed by atoms with Gasteiger partial charge < -0.3 is 16.2 Å². The van der Waals surface area contributed by atoms with Crippen LogP contribution in [0.4, 0.5) is 10.5 Å². The summed E-state index contributed by atoms with van der Waals surface area (Å²) in [6, 6.07) is 7.86. The highest BCUT2D eigenvalue weighted by Crippen LogP contribution is 2.35. The molecular formula is C19H27N3O3. The largest absolute Gasteiger partial charge is 0.481 e. The standard InChI is InChI=1S/C19H27N3O3/c20-11-14-1-6-15(7-2-14)17-12-21-19(25)22(17)16-8-3-13(4-9-16)5-10-18(23)24/h3-4,8-9,14-15,17H,1-2,5-7,10-12,20H2,(H,21,25)(H,23,24). The second kappa shape index (κ2) is 7.87. The van der Waals surface area contributed by atoms with E-state index in [-0.39, 0.29) is 18.5 Å². The number of anilines is 1. The normalized spacial score (nSPS) is 26.5. The molecule has 0 bridgehead atoms. The van der Waals surface area contributed by atoms with Gasteiger partial charge in [0.15, 0.2) is 0 Å². The lowest BCUT2D eigenvalue weighted by atomic mass is 9.78. The number of nitrogens with zero attached hydrogens (tertiary/aromatic N) is 1. The summed E-state index contributed by atoms with van der Waals surface area (Å²) >= 11 is 0. The Kier molecular flexibility index (Phi) is 5.58. The lowest BCUT2D eigenvalue weighted by Crippen LogP contribution is -2.41. The maximum atomic E-state index is 12.4. The number of nitrogens with two attached hydrogens (primary N) is 1. The van der Waals surface area contributed by atoms with Gasteiger partial charge in [0.05, 0.1) is 6.04 Å². The predicted octanol–water partition coefficient (Wildman–Crippen LogP) is 2.37. The first-order valence-electron chi connectivity index (χ1n) is 9.16. The summed E-state index contributed by atoms with van der Waals surface area (Å²) in [6.07, 6.45) is 5.16. The molecule has 2 amide bonds. The molecule has 25 heavy (non-hydrogen) atoms. The third-order valence-electron chi connectivity index (χ3n) is 5.62. The fraction of sp³-hybridized carbons (Fsp3) is 0.579. The van der Waals surface area contributed by atoms with Gasteiger partial charge in [-0.3, -0.25) is 9.69 Å². The highest BCUT2D eigenvalue weighted by atomic mass is 16.4. The predicted molar refractivity (Wildman–Crippen MR) is 96.6 cm³/mol. The molecule has 1 unspecified atom stereocenters. The first-order chi connectivity index (χ1) is 12.1. The molecule has 136 valence electrons. The molecule has 0 radical (unpaired) electrons. The molecule has 1 aromatic carbocycles. The van der Waals surface area contributed by atoms with Gasteiger partial charge in [0, 0.05) is 18.7 Å². The van der Waals surface area contributed by atoms with E-state index >= 15 is 0 Å². The van der Waals surface area contributed by atoms with Crippen LogP contribution in [0.1, 0.15) is 37.7 Å². The molecule has 1 saturated carbocycles. The van der Waals surface area contributed by atoms with Crippen LogP contribution in [0.5, 0.6) is 0 Å². The highest BCUT2D eigenvalue weighted by Gasteiger charge is 2.38. The third kappa shape index (κ3) is 4.12. The summed E-state index contributed by atoms with van der Waals surface area (Å²) in [7, 11) is 0. The van der Waals surface area contributed by atoms with E-state index in [0.29, 0.717) is 24.8 Å². The number of amides is 2. The van der Waals surface area contributed by atoms with Crippen LogP contribution in [0.2, 0.25) is 0 Å². The maximum Gasteiger partial charge on any atom is 0.322 e. The summed E-state index contributed by atoms with van der Waals surface area (Å²) in [4.78, 5) is 24.9. The number of aliphatic carboxylic acids is 1. The van der Waals surface area contributed by atoms with Crippen molar-refractivity contribution in [1.29, 1.82) is 0 Å². The van der Waals surface area contributed by atoms with Crippen molar-refractivity contribution in [2.24, 2.45) is 17.6 Å². The Morgan fingerprint density at radius 1 is 1.20 bits per heavy atom. The van der Waals surface area contributed by atoms with Crippen molar-refractivity contribution in [3.8, 4) is 0 Å². The molecular weight excluding hydrogens is 318 g/mol. The Balaban J connectivity index is 1.68. The topological polar surface area (TPSA) is 95.7 Å². The number of aryl methyl sites for hydroxylation is 1. The average Bonchev–Trinajstić information content (AvgIpc) is 3.02. The molecule has 0 aromatic heterocycles. The minimum atomic E-state index is -0.795. The summed E-state index contributed by atoms with van der Waals surface area (Å²) in [5.74, 6) is 0.341. The van der Waals surface area contributed by atoms with Crippen molar-refractivity contribution in [2.75, 3.05) is 18.0 Å². The fourth-order valence-corrected chi connectivity index (χ4v) is 4.09. The number of hydrogen-bond acceptors (Lipinski definition) is 3. The molecule has 1 atom stereocenters. The van der Waals surface area contributed by atoms with E-state index in [1.54, 1.807) is 0 Å². The number of carbonyl (C=O) groups is 2. The van der Waals surface area contributed by atoms with E-state index in [2.05, 4.69) is 5.32 Å². The van der Waals surface area contributed by atoms with E-state index in [4.69, 9.17) is 10.8 Å². The molecule has 3 rings (SSSR count). The smallest absolute Gasteiger partial charge is 0.322 e. The molecule has 4 N–H and O–H groups in total. The minimum Gasteiger partial charge on any atom is -0.481 e. The molecule has 0 spiro atoms. The molecule has 1 aromatic rings. The van der Waals surface area contributed by atoms with E-state index in [0.717, 1.165) is 43.5 Å². The molecule has 1 aliphatic carbocycles. The van der Waals surface area contributed by atoms with E-state index < -0.39 is 5.97 Å². The minimum absolute atomic E-state index is 0.0377. The molecule has 2 aliphatic rings. The Bertz CT molecular complexity index is 609. The number of carboxylic acids is 1. The quantitative estimate of drug-likeness (QED) is 0.737. The van der Waals surface area contributed by atoms with Gasteiger partial charge in [0.2, 0.25) is 0 Å². The van der Waals surface area contributed by atoms with Crippen molar-refractivity contribution in [3.63, 3.8) is 0 Å². The molecule has 6 heteroatoms. The molecule has 6 nitrogen and oxygen atoms in total. The Morgan fingerprint density at radius 3 is 2.48 bits per heavy atom. The Hall–Kier alpha value is -2.08. The number of urea groups is 1. The SMILES string of the molecule is NCC1CCC(C2CNC(=O)N2c2ccc(CCC(=O)O)cc2)CC1. The van der Waals surface area contributed by atoms with E-state index in [1.807, 2.05) is 29.2 Å². The van der Waals surface area contributed by atoms with Crippen LogP contribution in [0, 0.1) is 11.8 Å². The average molecular weight is 345 g/mol. The van der Waals surface area contributed by atoms with Gasteiger partial charge in [-0.25, -0.2) is 4.79 Å². The summed E-state index contributed by atoms with van der Waals surface area (Å²) in [6.45, 7) is 1.45. The second-order valence-electron chi connectivity index (χ2n) is 7.20. The summed E-state index contributed by atoms with van der Waals surface area (Å²) in [5.41, 5.74) is 7.65. The van der Waals surface area contributed by atoms with E-state index in [9.17, 15) is 9.59 Å². The zero-order valence-corrected chi connectivity index (χ0v) is 14.5. The molecule has 1 aliphatic heterocycles. The monoisotopic (exact) mass is 345 g/mol. The Morgan fingerprint density at radius 2 is 1.88 bits per heavy atom. The van der Waals surface area contributed by atoms with Gasteiger partial charge in [0.25, 0.3) is 0 Å². The first-order valence-corrected chi connectivity index (χ1v) is 9.16. The first kappa shape index (κ1) is 17.7. The van der Waals surface area contributed by atoms with Crippen LogP contribution in [-0.2, 0) is 11.2 Å². The second-order valence-corrected chi connectivity index (χ2v) is 7.20. The number of carbonyl (C=O) groups excluding carboxylic acids is 1. The number of hydrogen-bond donors (Lipinski definition) is 3. The van der Waals surface area contributed by atoms with Gasteiger partial charge >= 0.3 is 12.0 Å². The van der Waals surface area contributed by atoms with Crippen LogP contribution in [0.25, 0.3) is 0 Å². The van der Waals surface area contributed by atoms with Crippen LogP contribution in [-0.4, -0.2) is 36.2 Å². The van der Waals surface area contributed by atoms with Crippen LogP contribution in [0.15, 0.2) is 24.3 Å². The van der Waals surface area contributed by atoms with Crippen molar-refractivity contribution >= 4 is 17.7 Å². The molecule has 1 saturated heterocycles. The Labute approximate surface area is 148 Å². The number of rotatable bonds is 6. The summed E-state index contributed by atoms with van der Waals surface area (Å²) < 4.78 is 0. The van der Waals surface area contributed by atoms with Crippen molar-refractivity contribution < 1.29 is 14.7 Å². The van der Waals surface area contributed by atoms with Gasteiger partial charge in [-0.1, -0.05) is 12.1 Å². The number of benzene rings is 1. The number of carboxylic acid groups (broad SMARTS) is 1. The van der Waals surface area contributed by atoms with E-state index in [1.165, 1.54) is 0 Å². The van der Waals surface area contributed by atoms with Gasteiger partial charge in [0.1, 0.15) is 0 Å². The van der Waals surface area contributed by atoms with Crippen LogP contribution < -0.4 is 16.0 Å². The van der Waals surface area contributed by atoms with Gasteiger partial charge in [-0.2, -0.15) is 0 Å². The van der Waals surface area contributed by atoms with Crippen LogP contribution >= 0.6 is 0 Å². The lowest BCUT2D eigenvalue weighted by Gasteiger charge is -2.35. The molecule has 2 fully saturated rings. The van der Waals surface area contributed by atoms with Crippen molar-refractivity contribution in [3.05, 3.63) is 29.8 Å². The van der Waals surface area contributed by atoms with Crippen LogP contribution in [0.3, 0.4) is 0 Å². The number of nitrogens with one attached hydrogen (secondary N) is 1. The third-order valence-corrected chi connectivity index (χ3v) is 5.62. The zero-order valence-electron chi connectivity index (χ0n) is 14.5. The summed E-state index contributed by atoms with van der Waals surface area (Å²) in [5, 5.41) is 11.8. The van der Waals surface area contributed by atoms with Crippen molar-refractivity contribution in [2.45, 2.75) is 44.6 Å². The van der Waals surface area contributed by atoms with Crippen molar-refractivity contribution in [1.82, 2.24) is 5.32 Å². The van der Waals surface area contributed by atoms with Gasteiger partial charge in [-0.15, -0.1) is 0 Å².